The fourth-order valence-corrected chi connectivity index (χ4v) is 2.80. The van der Waals surface area contributed by atoms with Crippen LogP contribution in [-0.4, -0.2) is 9.97 Å². The zero-order chi connectivity index (χ0) is 13.0. The molecule has 96 valence electrons. The highest BCUT2D eigenvalue weighted by atomic mass is 32.1. The molecule has 2 rings (SSSR count). The lowest BCUT2D eigenvalue weighted by atomic mass is 10.2. The molecule has 1 N–H and O–H groups in total. The average molecular weight is 261 g/mol. The van der Waals surface area contributed by atoms with Gasteiger partial charge in [-0.15, -0.1) is 11.3 Å². The van der Waals surface area contributed by atoms with Crippen LogP contribution in [-0.2, 0) is 19.4 Å². The lowest BCUT2D eigenvalue weighted by molar-refractivity contribution is 0.912. The molecule has 0 radical (unpaired) electrons. The molecule has 2 aromatic rings. The predicted octanol–water partition coefficient (Wildman–Crippen LogP) is 3.58. The summed E-state index contributed by atoms with van der Waals surface area (Å²) >= 11 is 1.80. The number of aryl methyl sites for hydroxylation is 3. The van der Waals surface area contributed by atoms with Gasteiger partial charge in [-0.2, -0.15) is 0 Å². The lowest BCUT2D eigenvalue weighted by Gasteiger charge is -2.08. The summed E-state index contributed by atoms with van der Waals surface area (Å²) in [5.74, 6) is 1.83. The van der Waals surface area contributed by atoms with Crippen molar-refractivity contribution in [1.29, 1.82) is 0 Å². The average Bonchev–Trinajstić information content (AvgIpc) is 2.83. The first-order chi connectivity index (χ1) is 8.72. The molecule has 0 aromatic carbocycles. The fourth-order valence-electron chi connectivity index (χ4n) is 1.89. The molecule has 18 heavy (non-hydrogen) atoms. The third-order valence-electron chi connectivity index (χ3n) is 2.87. The van der Waals surface area contributed by atoms with Gasteiger partial charge in [0.05, 0.1) is 6.54 Å². The van der Waals surface area contributed by atoms with Gasteiger partial charge < -0.3 is 5.32 Å². The Balaban J connectivity index is 2.08. The number of rotatable bonds is 5. The third-order valence-corrected chi connectivity index (χ3v) is 3.83. The van der Waals surface area contributed by atoms with Crippen LogP contribution >= 0.6 is 11.3 Å². The van der Waals surface area contributed by atoms with E-state index in [2.05, 4.69) is 40.6 Å². The van der Waals surface area contributed by atoms with Crippen LogP contribution in [0.5, 0.6) is 0 Å². The molecule has 0 amide bonds. The minimum atomic E-state index is 0.848. The molecular formula is C14H19N3S. The highest BCUT2D eigenvalue weighted by Crippen LogP contribution is 2.18. The molecule has 4 heteroatoms. The van der Waals surface area contributed by atoms with E-state index in [0.29, 0.717) is 0 Å². The van der Waals surface area contributed by atoms with Crippen molar-refractivity contribution in [2.45, 2.75) is 40.2 Å². The summed E-state index contributed by atoms with van der Waals surface area (Å²) in [6.07, 6.45) is 1.96. The van der Waals surface area contributed by atoms with Gasteiger partial charge in [0.25, 0.3) is 0 Å². The van der Waals surface area contributed by atoms with Crippen LogP contribution in [0.2, 0.25) is 0 Å². The normalized spacial score (nSPS) is 10.6. The summed E-state index contributed by atoms with van der Waals surface area (Å²) in [7, 11) is 0. The van der Waals surface area contributed by atoms with E-state index >= 15 is 0 Å². The van der Waals surface area contributed by atoms with Crippen molar-refractivity contribution >= 4 is 17.2 Å². The molecule has 3 nitrogen and oxygen atoms in total. The Bertz CT molecular complexity index is 520. The van der Waals surface area contributed by atoms with Crippen molar-refractivity contribution in [1.82, 2.24) is 9.97 Å². The summed E-state index contributed by atoms with van der Waals surface area (Å²) in [6, 6.07) is 4.20. The quantitative estimate of drug-likeness (QED) is 0.894. The summed E-state index contributed by atoms with van der Waals surface area (Å²) < 4.78 is 0. The largest absolute Gasteiger partial charge is 0.365 e. The SMILES string of the molecule is CCc1nc(C)cc(NCc2sccc2CC)n1. The number of thiophene rings is 1. The zero-order valence-corrected chi connectivity index (χ0v) is 12.0. The topological polar surface area (TPSA) is 37.8 Å². The number of hydrogen-bond donors (Lipinski definition) is 1. The van der Waals surface area contributed by atoms with Crippen molar-refractivity contribution in [3.05, 3.63) is 39.5 Å². The number of nitrogens with zero attached hydrogens (tertiary/aromatic N) is 2. The van der Waals surface area contributed by atoms with Crippen LogP contribution in [0.15, 0.2) is 17.5 Å². The van der Waals surface area contributed by atoms with E-state index in [-0.39, 0.29) is 0 Å². The molecular weight excluding hydrogens is 242 g/mol. The summed E-state index contributed by atoms with van der Waals surface area (Å²) in [4.78, 5) is 10.3. The highest BCUT2D eigenvalue weighted by molar-refractivity contribution is 7.10. The van der Waals surface area contributed by atoms with Crippen LogP contribution in [0.3, 0.4) is 0 Å². The van der Waals surface area contributed by atoms with Crippen LogP contribution in [0.1, 0.15) is 35.8 Å². The first-order valence-corrected chi connectivity index (χ1v) is 7.24. The smallest absolute Gasteiger partial charge is 0.130 e. The highest BCUT2D eigenvalue weighted by Gasteiger charge is 2.04. The van der Waals surface area contributed by atoms with E-state index in [4.69, 9.17) is 0 Å². The lowest BCUT2D eigenvalue weighted by Crippen LogP contribution is -2.05. The molecule has 0 bridgehead atoms. The zero-order valence-electron chi connectivity index (χ0n) is 11.2. The van der Waals surface area contributed by atoms with Gasteiger partial charge in [0, 0.05) is 23.1 Å². The summed E-state index contributed by atoms with van der Waals surface area (Å²) in [6.45, 7) is 7.12. The fraction of sp³-hybridized carbons (Fsp3) is 0.429. The van der Waals surface area contributed by atoms with Crippen LogP contribution in [0, 0.1) is 6.92 Å². The Morgan fingerprint density at radius 3 is 2.78 bits per heavy atom. The standard InChI is InChI=1S/C14H19N3S/c1-4-11-6-7-18-12(11)9-15-14-8-10(3)16-13(5-2)17-14/h6-8H,4-5,9H2,1-3H3,(H,15,16,17). The molecule has 0 saturated carbocycles. The number of aromatic nitrogens is 2. The second kappa shape index (κ2) is 5.96. The number of anilines is 1. The van der Waals surface area contributed by atoms with Crippen molar-refractivity contribution in [3.63, 3.8) is 0 Å². The van der Waals surface area contributed by atoms with Crippen LogP contribution in [0.25, 0.3) is 0 Å². The Kier molecular flexibility index (Phi) is 4.31. The summed E-state index contributed by atoms with van der Waals surface area (Å²) in [5, 5.41) is 5.55. The van der Waals surface area contributed by atoms with Crippen LogP contribution < -0.4 is 5.32 Å². The molecule has 0 aliphatic rings. The molecule has 0 fully saturated rings. The third kappa shape index (κ3) is 3.07. The number of hydrogen-bond acceptors (Lipinski definition) is 4. The van der Waals surface area contributed by atoms with Crippen molar-refractivity contribution < 1.29 is 0 Å². The maximum atomic E-state index is 4.49. The van der Waals surface area contributed by atoms with Gasteiger partial charge in [0.1, 0.15) is 11.6 Å². The monoisotopic (exact) mass is 261 g/mol. The molecule has 2 aromatic heterocycles. The predicted molar refractivity (Wildman–Crippen MR) is 77.2 cm³/mol. The first-order valence-electron chi connectivity index (χ1n) is 6.36. The van der Waals surface area contributed by atoms with Gasteiger partial charge in [-0.3, -0.25) is 0 Å². The molecule has 0 spiro atoms. The molecule has 0 atom stereocenters. The van der Waals surface area contributed by atoms with E-state index in [1.165, 1.54) is 10.4 Å². The maximum Gasteiger partial charge on any atom is 0.130 e. The van der Waals surface area contributed by atoms with Gasteiger partial charge in [-0.25, -0.2) is 9.97 Å². The van der Waals surface area contributed by atoms with E-state index in [1.807, 2.05) is 13.0 Å². The van der Waals surface area contributed by atoms with E-state index in [1.54, 1.807) is 11.3 Å². The summed E-state index contributed by atoms with van der Waals surface area (Å²) in [5.41, 5.74) is 2.44. The van der Waals surface area contributed by atoms with Gasteiger partial charge in [-0.05, 0) is 30.4 Å². The second-order valence-corrected chi connectivity index (χ2v) is 5.24. The van der Waals surface area contributed by atoms with Crippen molar-refractivity contribution in [2.75, 3.05) is 5.32 Å². The molecule has 0 aliphatic carbocycles. The van der Waals surface area contributed by atoms with Crippen molar-refractivity contribution in [3.8, 4) is 0 Å². The Labute approximate surface area is 112 Å². The molecule has 2 heterocycles. The van der Waals surface area contributed by atoms with Crippen molar-refractivity contribution in [2.24, 2.45) is 0 Å². The Morgan fingerprint density at radius 2 is 2.06 bits per heavy atom. The van der Waals surface area contributed by atoms with Crippen LogP contribution in [0.4, 0.5) is 5.82 Å². The minimum Gasteiger partial charge on any atom is -0.365 e. The minimum absolute atomic E-state index is 0.848. The Hall–Kier alpha value is -1.42. The first kappa shape index (κ1) is 13.0. The maximum absolute atomic E-state index is 4.49. The second-order valence-electron chi connectivity index (χ2n) is 4.24. The van der Waals surface area contributed by atoms with E-state index < -0.39 is 0 Å². The Morgan fingerprint density at radius 1 is 1.22 bits per heavy atom. The van der Waals surface area contributed by atoms with E-state index in [9.17, 15) is 0 Å². The molecule has 0 aliphatic heterocycles. The van der Waals surface area contributed by atoms with Gasteiger partial charge in [0.15, 0.2) is 0 Å². The number of nitrogens with one attached hydrogen (secondary N) is 1. The van der Waals surface area contributed by atoms with E-state index in [0.717, 1.165) is 36.7 Å². The van der Waals surface area contributed by atoms with Gasteiger partial charge >= 0.3 is 0 Å². The van der Waals surface area contributed by atoms with Gasteiger partial charge in [-0.1, -0.05) is 13.8 Å². The van der Waals surface area contributed by atoms with Gasteiger partial charge in [0.2, 0.25) is 0 Å². The molecule has 0 unspecified atom stereocenters. The molecule has 0 saturated heterocycles.